The predicted molar refractivity (Wildman–Crippen MR) is 77.5 cm³/mol. The van der Waals surface area contributed by atoms with Gasteiger partial charge in [-0.25, -0.2) is 4.79 Å². The summed E-state index contributed by atoms with van der Waals surface area (Å²) < 4.78 is 10.0. The van der Waals surface area contributed by atoms with Crippen molar-refractivity contribution in [2.45, 2.75) is 25.8 Å². The molecule has 116 valence electrons. The van der Waals surface area contributed by atoms with E-state index in [4.69, 9.17) is 14.6 Å². The minimum absolute atomic E-state index is 0.0710. The lowest BCUT2D eigenvalue weighted by Crippen LogP contribution is -2.42. The smallest absolute Gasteiger partial charge is 0.326 e. The molecule has 0 heterocycles. The second-order valence-electron chi connectivity index (χ2n) is 4.73. The van der Waals surface area contributed by atoms with Gasteiger partial charge < -0.3 is 19.9 Å². The molecule has 2 N–H and O–H groups in total. The van der Waals surface area contributed by atoms with Crippen LogP contribution >= 0.6 is 0 Å². The van der Waals surface area contributed by atoms with Gasteiger partial charge in [0.25, 0.3) is 0 Å². The average molecular weight is 295 g/mol. The molecule has 1 aromatic rings. The van der Waals surface area contributed by atoms with E-state index in [0.29, 0.717) is 5.75 Å². The average Bonchev–Trinajstić information content (AvgIpc) is 2.43. The van der Waals surface area contributed by atoms with Crippen LogP contribution in [0.15, 0.2) is 18.2 Å². The molecular formula is C15H21NO5. The SMILES string of the molecule is COCCC(NC(=O)Cc1cc(C)ccc1OC)C(=O)O. The number of ether oxygens (including phenoxy) is 2. The van der Waals surface area contributed by atoms with Gasteiger partial charge in [0.15, 0.2) is 0 Å². The lowest BCUT2D eigenvalue weighted by Gasteiger charge is -2.15. The topological polar surface area (TPSA) is 84.9 Å². The monoisotopic (exact) mass is 295 g/mol. The van der Waals surface area contributed by atoms with Crippen LogP contribution in [0.2, 0.25) is 0 Å². The Kier molecular flexibility index (Phi) is 6.68. The Morgan fingerprint density at radius 1 is 1.33 bits per heavy atom. The molecular weight excluding hydrogens is 274 g/mol. The highest BCUT2D eigenvalue weighted by Crippen LogP contribution is 2.20. The number of nitrogens with one attached hydrogen (secondary N) is 1. The molecule has 0 bridgehead atoms. The fourth-order valence-electron chi connectivity index (χ4n) is 1.96. The lowest BCUT2D eigenvalue weighted by molar-refractivity contribution is -0.142. The molecule has 0 fully saturated rings. The zero-order valence-corrected chi connectivity index (χ0v) is 12.5. The molecule has 0 radical (unpaired) electrons. The summed E-state index contributed by atoms with van der Waals surface area (Å²) in [6, 6.07) is 4.58. The molecule has 1 atom stereocenters. The zero-order chi connectivity index (χ0) is 15.8. The van der Waals surface area contributed by atoms with Gasteiger partial charge in [-0.2, -0.15) is 0 Å². The Hall–Kier alpha value is -2.08. The third-order valence-electron chi connectivity index (χ3n) is 3.03. The van der Waals surface area contributed by atoms with E-state index in [1.807, 2.05) is 19.1 Å². The number of hydrogen-bond acceptors (Lipinski definition) is 4. The maximum absolute atomic E-state index is 12.0. The molecule has 0 spiro atoms. The van der Waals surface area contributed by atoms with Crippen molar-refractivity contribution in [1.29, 1.82) is 0 Å². The molecule has 6 nitrogen and oxygen atoms in total. The van der Waals surface area contributed by atoms with Gasteiger partial charge in [0.2, 0.25) is 5.91 Å². The molecule has 1 rings (SSSR count). The van der Waals surface area contributed by atoms with Crippen molar-refractivity contribution in [3.63, 3.8) is 0 Å². The first-order chi connectivity index (χ1) is 9.97. The molecule has 1 amide bonds. The van der Waals surface area contributed by atoms with Crippen LogP contribution in [0.5, 0.6) is 5.75 Å². The first kappa shape index (κ1) is 17.0. The van der Waals surface area contributed by atoms with E-state index in [0.717, 1.165) is 11.1 Å². The van der Waals surface area contributed by atoms with Crippen LogP contribution in [0.1, 0.15) is 17.5 Å². The second-order valence-corrected chi connectivity index (χ2v) is 4.73. The van der Waals surface area contributed by atoms with Crippen LogP contribution in [0.3, 0.4) is 0 Å². The number of carbonyl (C=O) groups excluding carboxylic acids is 1. The van der Waals surface area contributed by atoms with Crippen LogP contribution in [-0.4, -0.2) is 43.9 Å². The van der Waals surface area contributed by atoms with E-state index in [9.17, 15) is 9.59 Å². The van der Waals surface area contributed by atoms with Crippen molar-refractivity contribution >= 4 is 11.9 Å². The largest absolute Gasteiger partial charge is 0.496 e. The van der Waals surface area contributed by atoms with Gasteiger partial charge in [-0.3, -0.25) is 4.79 Å². The summed E-state index contributed by atoms with van der Waals surface area (Å²) >= 11 is 0. The number of hydrogen-bond donors (Lipinski definition) is 2. The number of benzene rings is 1. The van der Waals surface area contributed by atoms with E-state index in [1.54, 1.807) is 6.07 Å². The summed E-state index contributed by atoms with van der Waals surface area (Å²) in [6.45, 7) is 2.19. The van der Waals surface area contributed by atoms with Crippen LogP contribution in [-0.2, 0) is 20.7 Å². The number of carboxylic acid groups (broad SMARTS) is 1. The number of methoxy groups -OCH3 is 2. The van der Waals surface area contributed by atoms with Gasteiger partial charge in [0.1, 0.15) is 11.8 Å². The standard InChI is InChI=1S/C15H21NO5/c1-10-4-5-13(21-3)11(8-10)9-14(17)16-12(15(18)19)6-7-20-2/h4-5,8,12H,6-7,9H2,1-3H3,(H,16,17)(H,18,19). The maximum Gasteiger partial charge on any atom is 0.326 e. The molecule has 0 aliphatic rings. The summed E-state index contributed by atoms with van der Waals surface area (Å²) in [5.41, 5.74) is 1.73. The zero-order valence-electron chi connectivity index (χ0n) is 12.5. The van der Waals surface area contributed by atoms with Gasteiger partial charge in [-0.05, 0) is 13.0 Å². The van der Waals surface area contributed by atoms with Gasteiger partial charge >= 0.3 is 5.97 Å². The van der Waals surface area contributed by atoms with Crippen LogP contribution in [0.25, 0.3) is 0 Å². The van der Waals surface area contributed by atoms with Gasteiger partial charge in [-0.15, -0.1) is 0 Å². The minimum atomic E-state index is -1.07. The van der Waals surface area contributed by atoms with E-state index < -0.39 is 12.0 Å². The summed E-state index contributed by atoms with van der Waals surface area (Å²) in [4.78, 5) is 23.1. The van der Waals surface area contributed by atoms with Crippen LogP contribution < -0.4 is 10.1 Å². The molecule has 1 aromatic carbocycles. The fourth-order valence-corrected chi connectivity index (χ4v) is 1.96. The number of carbonyl (C=O) groups is 2. The number of amides is 1. The summed E-state index contributed by atoms with van der Waals surface area (Å²) in [5, 5.41) is 11.6. The highest BCUT2D eigenvalue weighted by Gasteiger charge is 2.20. The molecule has 0 aromatic heterocycles. The van der Waals surface area contributed by atoms with E-state index in [2.05, 4.69) is 5.32 Å². The van der Waals surface area contributed by atoms with E-state index >= 15 is 0 Å². The first-order valence-corrected chi connectivity index (χ1v) is 6.62. The van der Waals surface area contributed by atoms with Crippen molar-refractivity contribution in [3.05, 3.63) is 29.3 Å². The van der Waals surface area contributed by atoms with Crippen molar-refractivity contribution in [2.24, 2.45) is 0 Å². The Balaban J connectivity index is 2.71. The minimum Gasteiger partial charge on any atom is -0.496 e. The molecule has 0 aliphatic heterocycles. The second kappa shape index (κ2) is 8.26. The van der Waals surface area contributed by atoms with E-state index in [1.165, 1.54) is 14.2 Å². The predicted octanol–water partition coefficient (Wildman–Crippen LogP) is 1.15. The van der Waals surface area contributed by atoms with Crippen molar-refractivity contribution in [2.75, 3.05) is 20.8 Å². The van der Waals surface area contributed by atoms with Crippen molar-refractivity contribution in [3.8, 4) is 5.75 Å². The highest BCUT2D eigenvalue weighted by atomic mass is 16.5. The van der Waals surface area contributed by atoms with Gasteiger partial charge in [-0.1, -0.05) is 17.7 Å². The summed E-state index contributed by atoms with van der Waals surface area (Å²) in [5.74, 6) is -0.821. The van der Waals surface area contributed by atoms with Crippen molar-refractivity contribution < 1.29 is 24.2 Å². The van der Waals surface area contributed by atoms with Crippen LogP contribution in [0.4, 0.5) is 0 Å². The third kappa shape index (κ3) is 5.43. The summed E-state index contributed by atoms with van der Waals surface area (Å²) in [6.07, 6.45) is 0.296. The Morgan fingerprint density at radius 2 is 2.05 bits per heavy atom. The fraction of sp³-hybridized carbons (Fsp3) is 0.467. The normalized spacial score (nSPS) is 11.8. The van der Waals surface area contributed by atoms with E-state index in [-0.39, 0.29) is 25.4 Å². The highest BCUT2D eigenvalue weighted by molar-refractivity contribution is 5.85. The Labute approximate surface area is 124 Å². The molecule has 21 heavy (non-hydrogen) atoms. The Morgan fingerprint density at radius 3 is 2.62 bits per heavy atom. The molecule has 1 unspecified atom stereocenters. The molecule has 0 saturated heterocycles. The van der Waals surface area contributed by atoms with Crippen molar-refractivity contribution in [1.82, 2.24) is 5.32 Å². The summed E-state index contributed by atoms with van der Waals surface area (Å²) in [7, 11) is 3.02. The lowest BCUT2D eigenvalue weighted by atomic mass is 10.1. The molecule has 6 heteroatoms. The number of carboxylic acids is 1. The first-order valence-electron chi connectivity index (χ1n) is 6.62. The maximum atomic E-state index is 12.0. The number of aryl methyl sites for hydroxylation is 1. The number of rotatable bonds is 8. The van der Waals surface area contributed by atoms with Gasteiger partial charge in [0.05, 0.1) is 13.5 Å². The van der Waals surface area contributed by atoms with Gasteiger partial charge in [0, 0.05) is 25.7 Å². The molecule has 0 saturated carbocycles. The third-order valence-corrected chi connectivity index (χ3v) is 3.03. The molecule has 0 aliphatic carbocycles. The Bertz CT molecular complexity index is 501. The number of aliphatic carboxylic acids is 1. The quantitative estimate of drug-likeness (QED) is 0.751. The van der Waals surface area contributed by atoms with Crippen LogP contribution in [0, 0.1) is 6.92 Å².